The van der Waals surface area contributed by atoms with Crippen LogP contribution in [-0.4, -0.2) is 109 Å². The molecule has 1 aliphatic rings. The lowest BCUT2D eigenvalue weighted by molar-refractivity contribution is -0.120. The second-order valence-corrected chi connectivity index (χ2v) is 8.70. The highest BCUT2D eigenvalue weighted by Crippen LogP contribution is 2.08. The van der Waals surface area contributed by atoms with E-state index in [-0.39, 0.29) is 37.4 Å². The first-order valence-corrected chi connectivity index (χ1v) is 11.6. The lowest BCUT2D eigenvalue weighted by Gasteiger charge is -2.31. The van der Waals surface area contributed by atoms with E-state index in [4.69, 9.17) is 17.2 Å². The van der Waals surface area contributed by atoms with Gasteiger partial charge in [-0.15, -0.1) is 0 Å². The fraction of sp³-hybridized carbons (Fsp3) is 0.609. The Balaban J connectivity index is 2.11. The van der Waals surface area contributed by atoms with Crippen LogP contribution in [0.5, 0.6) is 0 Å². The molecule has 1 fully saturated rings. The highest BCUT2D eigenvalue weighted by Gasteiger charge is 2.17. The molecule has 33 heavy (non-hydrogen) atoms. The Labute approximate surface area is 196 Å². The third-order valence-corrected chi connectivity index (χ3v) is 5.75. The Morgan fingerprint density at radius 2 is 0.939 bits per heavy atom. The van der Waals surface area contributed by atoms with Crippen LogP contribution in [-0.2, 0) is 20.9 Å². The van der Waals surface area contributed by atoms with Gasteiger partial charge in [0.25, 0.3) is 0 Å². The second kappa shape index (κ2) is 14.6. The summed E-state index contributed by atoms with van der Waals surface area (Å²) in [5, 5.41) is 0. The van der Waals surface area contributed by atoms with Gasteiger partial charge in [0, 0.05) is 32.7 Å². The van der Waals surface area contributed by atoms with Crippen LogP contribution < -0.4 is 17.2 Å². The van der Waals surface area contributed by atoms with Gasteiger partial charge in [0.2, 0.25) is 17.7 Å². The predicted octanol–water partition coefficient (Wildman–Crippen LogP) is -1.36. The third kappa shape index (κ3) is 11.8. The maximum atomic E-state index is 11.6. The Hall–Kier alpha value is -2.53. The standard InChI is InChI=1S/C23H39N7O3/c24-21(31)17-28-10-5-11-30(19-23(26)33)15-14-29(18-22(25)32)9-4-8-27(12-13-28)16-20-6-2-1-3-7-20/h1-3,6-7H,4-5,8-19H2,(H2,24,31)(H2,25,32)(H2,26,33). The molecule has 10 nitrogen and oxygen atoms in total. The minimum atomic E-state index is -0.386. The first-order valence-electron chi connectivity index (χ1n) is 11.6. The van der Waals surface area contributed by atoms with Crippen LogP contribution in [0, 0.1) is 0 Å². The highest BCUT2D eigenvalue weighted by atomic mass is 16.2. The number of primary amides is 3. The fourth-order valence-corrected chi connectivity index (χ4v) is 4.18. The molecule has 0 aliphatic carbocycles. The maximum Gasteiger partial charge on any atom is 0.231 e. The molecule has 1 heterocycles. The number of rotatable bonds is 8. The van der Waals surface area contributed by atoms with Crippen molar-refractivity contribution in [3.63, 3.8) is 0 Å². The summed E-state index contributed by atoms with van der Waals surface area (Å²) in [4.78, 5) is 43.2. The van der Waals surface area contributed by atoms with Gasteiger partial charge in [-0.1, -0.05) is 30.3 Å². The predicted molar refractivity (Wildman–Crippen MR) is 128 cm³/mol. The molecule has 0 atom stereocenters. The van der Waals surface area contributed by atoms with Gasteiger partial charge in [0.1, 0.15) is 0 Å². The average Bonchev–Trinajstić information content (AvgIpc) is 2.74. The monoisotopic (exact) mass is 461 g/mol. The number of nitrogens with two attached hydrogens (primary N) is 3. The normalized spacial score (nSPS) is 19.0. The van der Waals surface area contributed by atoms with E-state index in [0.29, 0.717) is 26.2 Å². The Kier molecular flexibility index (Phi) is 11.8. The van der Waals surface area contributed by atoms with Gasteiger partial charge in [-0.05, 0) is 44.6 Å². The number of hydrogen-bond donors (Lipinski definition) is 3. The van der Waals surface area contributed by atoms with Crippen molar-refractivity contribution >= 4 is 17.7 Å². The van der Waals surface area contributed by atoms with Crippen molar-refractivity contribution in [1.82, 2.24) is 19.6 Å². The van der Waals surface area contributed by atoms with Crippen LogP contribution in [0.15, 0.2) is 30.3 Å². The average molecular weight is 462 g/mol. The number of carbonyl (C=O) groups excluding carboxylic acids is 3. The Morgan fingerprint density at radius 1 is 0.576 bits per heavy atom. The first-order chi connectivity index (χ1) is 15.8. The summed E-state index contributed by atoms with van der Waals surface area (Å²) >= 11 is 0. The molecule has 0 saturated carbocycles. The third-order valence-electron chi connectivity index (χ3n) is 5.75. The van der Waals surface area contributed by atoms with Gasteiger partial charge in [0.15, 0.2) is 0 Å². The van der Waals surface area contributed by atoms with Crippen molar-refractivity contribution in [3.8, 4) is 0 Å². The number of hydrogen-bond acceptors (Lipinski definition) is 7. The van der Waals surface area contributed by atoms with Gasteiger partial charge in [-0.2, -0.15) is 0 Å². The number of amides is 3. The van der Waals surface area contributed by atoms with E-state index in [1.165, 1.54) is 5.56 Å². The van der Waals surface area contributed by atoms with Gasteiger partial charge in [-0.25, -0.2) is 0 Å². The zero-order valence-electron chi connectivity index (χ0n) is 19.5. The highest BCUT2D eigenvalue weighted by molar-refractivity contribution is 5.76. The first kappa shape index (κ1) is 26.7. The molecule has 3 amide bonds. The van der Waals surface area contributed by atoms with Crippen LogP contribution in [0.2, 0.25) is 0 Å². The summed E-state index contributed by atoms with van der Waals surface area (Å²) in [5.41, 5.74) is 17.6. The van der Waals surface area contributed by atoms with Crippen molar-refractivity contribution in [1.29, 1.82) is 0 Å². The van der Waals surface area contributed by atoms with Crippen molar-refractivity contribution < 1.29 is 14.4 Å². The Bertz CT molecular complexity index is 747. The van der Waals surface area contributed by atoms with Crippen molar-refractivity contribution in [2.45, 2.75) is 19.4 Å². The van der Waals surface area contributed by atoms with E-state index in [1.807, 2.05) is 28.0 Å². The molecule has 10 heteroatoms. The molecule has 1 aromatic rings. The van der Waals surface area contributed by atoms with Crippen molar-refractivity contribution in [2.75, 3.05) is 72.0 Å². The molecule has 1 saturated heterocycles. The molecule has 0 radical (unpaired) electrons. The molecule has 2 rings (SSSR count). The molecule has 184 valence electrons. The molecule has 0 spiro atoms. The largest absolute Gasteiger partial charge is 0.369 e. The Morgan fingerprint density at radius 3 is 1.33 bits per heavy atom. The quantitative estimate of drug-likeness (QED) is 0.434. The second-order valence-electron chi connectivity index (χ2n) is 8.70. The summed E-state index contributed by atoms with van der Waals surface area (Å²) in [6.45, 7) is 7.05. The maximum absolute atomic E-state index is 11.6. The summed E-state index contributed by atoms with van der Waals surface area (Å²) in [5.74, 6) is -1.09. The van der Waals surface area contributed by atoms with Crippen LogP contribution in [0.4, 0.5) is 0 Å². The summed E-state index contributed by atoms with van der Waals surface area (Å²) in [7, 11) is 0. The topological polar surface area (TPSA) is 142 Å². The van der Waals surface area contributed by atoms with Gasteiger partial charge in [-0.3, -0.25) is 34.0 Å². The summed E-state index contributed by atoms with van der Waals surface area (Å²) in [6.07, 6.45) is 1.64. The lowest BCUT2D eigenvalue weighted by atomic mass is 10.2. The van der Waals surface area contributed by atoms with Gasteiger partial charge in [0.05, 0.1) is 19.6 Å². The molecular weight excluding hydrogens is 422 g/mol. The zero-order chi connectivity index (χ0) is 24.1. The molecule has 1 aromatic carbocycles. The molecule has 6 N–H and O–H groups in total. The van der Waals surface area contributed by atoms with Gasteiger partial charge >= 0.3 is 0 Å². The lowest BCUT2D eigenvalue weighted by Crippen LogP contribution is -2.45. The van der Waals surface area contributed by atoms with E-state index in [0.717, 1.165) is 45.6 Å². The van der Waals surface area contributed by atoms with E-state index in [9.17, 15) is 14.4 Å². The molecule has 0 aromatic heterocycles. The van der Waals surface area contributed by atoms with Gasteiger partial charge < -0.3 is 17.2 Å². The van der Waals surface area contributed by atoms with Crippen LogP contribution in [0.25, 0.3) is 0 Å². The molecule has 0 unspecified atom stereocenters. The van der Waals surface area contributed by atoms with Crippen molar-refractivity contribution in [3.05, 3.63) is 35.9 Å². The number of benzene rings is 1. The van der Waals surface area contributed by atoms with Crippen LogP contribution in [0.3, 0.4) is 0 Å². The summed E-state index contributed by atoms with van der Waals surface area (Å²) < 4.78 is 0. The van der Waals surface area contributed by atoms with Crippen LogP contribution >= 0.6 is 0 Å². The number of nitrogens with zero attached hydrogens (tertiary/aromatic N) is 4. The minimum Gasteiger partial charge on any atom is -0.369 e. The van der Waals surface area contributed by atoms with Crippen molar-refractivity contribution in [2.24, 2.45) is 17.2 Å². The zero-order valence-corrected chi connectivity index (χ0v) is 19.5. The minimum absolute atomic E-state index is 0.158. The fourth-order valence-electron chi connectivity index (χ4n) is 4.18. The molecular formula is C23H39N7O3. The number of carbonyl (C=O) groups is 3. The SMILES string of the molecule is NC(=O)CN1CCCN(CC(N)=O)CCN(Cc2ccccc2)CCCN(CC(N)=O)CC1. The van der Waals surface area contributed by atoms with E-state index in [2.05, 4.69) is 21.9 Å². The van der Waals surface area contributed by atoms with Crippen LogP contribution in [0.1, 0.15) is 18.4 Å². The van der Waals surface area contributed by atoms with E-state index in [1.54, 1.807) is 0 Å². The smallest absolute Gasteiger partial charge is 0.231 e. The molecule has 0 bridgehead atoms. The van der Waals surface area contributed by atoms with E-state index >= 15 is 0 Å². The molecule has 1 aliphatic heterocycles. The summed E-state index contributed by atoms with van der Waals surface area (Å²) in [6, 6.07) is 10.3. The van der Waals surface area contributed by atoms with E-state index < -0.39 is 0 Å².